The Bertz CT molecular complexity index is 749. The van der Waals surface area contributed by atoms with Crippen LogP contribution in [0.4, 0.5) is 4.39 Å². The van der Waals surface area contributed by atoms with Gasteiger partial charge in [-0.1, -0.05) is 17.7 Å². The molecule has 1 amide bonds. The van der Waals surface area contributed by atoms with Gasteiger partial charge in [-0.15, -0.1) is 11.8 Å². The van der Waals surface area contributed by atoms with Crippen molar-refractivity contribution in [3.05, 3.63) is 64.0 Å². The van der Waals surface area contributed by atoms with E-state index in [4.69, 9.17) is 0 Å². The molecule has 0 aliphatic carbocycles. The van der Waals surface area contributed by atoms with E-state index in [0.29, 0.717) is 0 Å². The summed E-state index contributed by atoms with van der Waals surface area (Å²) >= 11 is 1.71. The monoisotopic (exact) mass is 329 g/mol. The molecule has 1 atom stereocenters. The van der Waals surface area contributed by atoms with E-state index in [1.807, 2.05) is 32.9 Å². The van der Waals surface area contributed by atoms with E-state index in [1.54, 1.807) is 23.9 Å². The van der Waals surface area contributed by atoms with Gasteiger partial charge in [0.25, 0.3) is 5.91 Å². The second-order valence-electron chi connectivity index (χ2n) is 6.12. The molecule has 1 N–H and O–H groups in total. The number of hydrogen-bond donors (Lipinski definition) is 1. The number of fused-ring (bicyclic) bond motifs is 1. The Morgan fingerprint density at radius 3 is 2.57 bits per heavy atom. The number of carbonyl (C=O) groups excluding carboxylic acids is 1. The molecule has 2 aromatic carbocycles. The third kappa shape index (κ3) is 3.27. The summed E-state index contributed by atoms with van der Waals surface area (Å²) in [6.07, 6.45) is 0.816. The van der Waals surface area contributed by atoms with E-state index in [9.17, 15) is 9.18 Å². The van der Waals surface area contributed by atoms with Crippen LogP contribution in [-0.2, 0) is 0 Å². The fraction of sp³-hybridized carbons (Fsp3) is 0.316. The maximum absolute atomic E-state index is 13.6. The zero-order valence-corrected chi connectivity index (χ0v) is 14.4. The molecule has 0 saturated carbocycles. The van der Waals surface area contributed by atoms with Gasteiger partial charge in [-0.2, -0.15) is 0 Å². The van der Waals surface area contributed by atoms with Crippen molar-refractivity contribution < 1.29 is 9.18 Å². The lowest BCUT2D eigenvalue weighted by Crippen LogP contribution is -2.31. The molecule has 2 aromatic rings. The molecular formula is C19H20FNOS. The number of carbonyl (C=O) groups is 1. The van der Waals surface area contributed by atoms with Crippen LogP contribution in [0, 0.1) is 26.6 Å². The van der Waals surface area contributed by atoms with Crippen molar-refractivity contribution in [2.45, 2.75) is 38.1 Å². The highest BCUT2D eigenvalue weighted by molar-refractivity contribution is 7.99. The van der Waals surface area contributed by atoms with E-state index >= 15 is 0 Å². The van der Waals surface area contributed by atoms with Crippen molar-refractivity contribution in [1.82, 2.24) is 5.32 Å². The van der Waals surface area contributed by atoms with E-state index < -0.39 is 0 Å². The van der Waals surface area contributed by atoms with Gasteiger partial charge in [0.05, 0.1) is 6.04 Å². The summed E-state index contributed by atoms with van der Waals surface area (Å²) in [6, 6.07) is 8.73. The lowest BCUT2D eigenvalue weighted by atomic mass is 9.97. The van der Waals surface area contributed by atoms with Crippen LogP contribution in [0.3, 0.4) is 0 Å². The van der Waals surface area contributed by atoms with Crippen molar-refractivity contribution in [3.8, 4) is 0 Å². The third-order valence-electron chi connectivity index (χ3n) is 4.22. The first-order valence-corrected chi connectivity index (χ1v) is 8.75. The Hall–Kier alpha value is -1.81. The Kier molecular flexibility index (Phi) is 4.44. The molecule has 0 spiro atoms. The van der Waals surface area contributed by atoms with Crippen molar-refractivity contribution in [2.75, 3.05) is 5.75 Å². The first kappa shape index (κ1) is 16.1. The molecular weight excluding hydrogens is 309 g/mol. The first-order chi connectivity index (χ1) is 11.0. The average Bonchev–Trinajstić information content (AvgIpc) is 2.46. The lowest BCUT2D eigenvalue weighted by Gasteiger charge is -2.26. The van der Waals surface area contributed by atoms with Crippen LogP contribution >= 0.6 is 11.8 Å². The molecule has 0 bridgehead atoms. The van der Waals surface area contributed by atoms with E-state index in [2.05, 4.69) is 5.32 Å². The molecule has 2 nitrogen and oxygen atoms in total. The highest BCUT2D eigenvalue weighted by atomic mass is 32.2. The Morgan fingerprint density at radius 1 is 1.17 bits per heavy atom. The van der Waals surface area contributed by atoms with Gasteiger partial charge in [0.15, 0.2) is 0 Å². The van der Waals surface area contributed by atoms with Crippen LogP contribution in [0.1, 0.15) is 45.1 Å². The normalized spacial score (nSPS) is 16.8. The summed E-state index contributed by atoms with van der Waals surface area (Å²) < 4.78 is 13.6. The van der Waals surface area contributed by atoms with Crippen LogP contribution in [-0.4, -0.2) is 11.7 Å². The van der Waals surface area contributed by atoms with E-state index in [1.165, 1.54) is 6.07 Å². The molecule has 1 heterocycles. The second-order valence-corrected chi connectivity index (χ2v) is 7.26. The van der Waals surface area contributed by atoms with E-state index in [0.717, 1.165) is 44.9 Å². The third-order valence-corrected chi connectivity index (χ3v) is 5.34. The number of thioether (sulfide) groups is 1. The van der Waals surface area contributed by atoms with Crippen molar-refractivity contribution >= 4 is 17.7 Å². The van der Waals surface area contributed by atoms with Crippen LogP contribution < -0.4 is 5.32 Å². The molecule has 120 valence electrons. The predicted octanol–water partition coefficient (Wildman–Crippen LogP) is 4.72. The van der Waals surface area contributed by atoms with Gasteiger partial charge < -0.3 is 5.32 Å². The van der Waals surface area contributed by atoms with Gasteiger partial charge in [-0.3, -0.25) is 4.79 Å². The van der Waals surface area contributed by atoms with Crippen LogP contribution in [0.25, 0.3) is 0 Å². The number of nitrogens with one attached hydrogen (secondary N) is 1. The van der Waals surface area contributed by atoms with Crippen LogP contribution in [0.2, 0.25) is 0 Å². The first-order valence-electron chi connectivity index (χ1n) is 7.76. The van der Waals surface area contributed by atoms with Crippen molar-refractivity contribution in [2.24, 2.45) is 0 Å². The zero-order valence-electron chi connectivity index (χ0n) is 13.6. The van der Waals surface area contributed by atoms with Crippen LogP contribution in [0.5, 0.6) is 0 Å². The van der Waals surface area contributed by atoms with Gasteiger partial charge in [0.1, 0.15) is 5.82 Å². The number of aryl methyl sites for hydroxylation is 3. The van der Waals surface area contributed by atoms with Gasteiger partial charge in [-0.25, -0.2) is 4.39 Å². The molecule has 0 saturated heterocycles. The summed E-state index contributed by atoms with van der Waals surface area (Å²) in [5, 5.41) is 3.10. The topological polar surface area (TPSA) is 29.1 Å². The number of halogens is 1. The van der Waals surface area contributed by atoms with Crippen LogP contribution in [0.15, 0.2) is 35.2 Å². The summed E-state index contributed by atoms with van der Waals surface area (Å²) in [7, 11) is 0. The summed E-state index contributed by atoms with van der Waals surface area (Å²) in [5.41, 5.74) is 4.72. The Morgan fingerprint density at radius 2 is 1.87 bits per heavy atom. The molecule has 0 radical (unpaired) electrons. The molecule has 3 rings (SSSR count). The average molecular weight is 329 g/mol. The minimum absolute atomic E-state index is 0.0767. The molecule has 1 aliphatic heterocycles. The standard InChI is InChI=1S/C19H20FNOS/c1-11-8-12(2)18(13(3)9-11)19(22)21-16-6-7-23-17-5-4-14(20)10-15(16)17/h4-5,8-10,16H,6-7H2,1-3H3,(H,21,22). The lowest BCUT2D eigenvalue weighted by molar-refractivity contribution is 0.0933. The summed E-state index contributed by atoms with van der Waals surface area (Å²) in [6.45, 7) is 5.94. The zero-order chi connectivity index (χ0) is 16.6. The number of hydrogen-bond acceptors (Lipinski definition) is 2. The smallest absolute Gasteiger partial charge is 0.252 e. The molecule has 0 aromatic heterocycles. The van der Waals surface area contributed by atoms with Gasteiger partial charge in [0.2, 0.25) is 0 Å². The number of amides is 1. The molecule has 4 heteroatoms. The highest BCUT2D eigenvalue weighted by Gasteiger charge is 2.24. The molecule has 0 fully saturated rings. The number of benzene rings is 2. The highest BCUT2D eigenvalue weighted by Crippen LogP contribution is 2.36. The minimum Gasteiger partial charge on any atom is -0.345 e. The Labute approximate surface area is 140 Å². The minimum atomic E-state index is -0.256. The Balaban J connectivity index is 1.89. The fourth-order valence-electron chi connectivity index (χ4n) is 3.28. The molecule has 1 unspecified atom stereocenters. The molecule has 1 aliphatic rings. The van der Waals surface area contributed by atoms with E-state index in [-0.39, 0.29) is 17.8 Å². The summed E-state index contributed by atoms with van der Waals surface area (Å²) in [4.78, 5) is 13.8. The number of rotatable bonds is 2. The van der Waals surface area contributed by atoms with Gasteiger partial charge >= 0.3 is 0 Å². The predicted molar refractivity (Wildman–Crippen MR) is 92.6 cm³/mol. The molecule has 23 heavy (non-hydrogen) atoms. The second kappa shape index (κ2) is 6.36. The van der Waals surface area contributed by atoms with Gasteiger partial charge in [0, 0.05) is 16.2 Å². The summed E-state index contributed by atoms with van der Waals surface area (Å²) in [5.74, 6) is 0.593. The largest absolute Gasteiger partial charge is 0.345 e. The van der Waals surface area contributed by atoms with Gasteiger partial charge in [-0.05, 0) is 62.1 Å². The van der Waals surface area contributed by atoms with Crippen molar-refractivity contribution in [3.63, 3.8) is 0 Å². The van der Waals surface area contributed by atoms with Crippen molar-refractivity contribution in [1.29, 1.82) is 0 Å². The maximum Gasteiger partial charge on any atom is 0.252 e. The maximum atomic E-state index is 13.6. The fourth-order valence-corrected chi connectivity index (χ4v) is 4.39. The SMILES string of the molecule is Cc1cc(C)c(C(=O)NC2CCSc3ccc(F)cc32)c(C)c1. The quantitative estimate of drug-likeness (QED) is 0.864.